The molecule has 4 heteroatoms. The SMILES string of the molecule is COc1cc(CNCc2coc3ccccc23)ccn1. The first-order chi connectivity index (χ1) is 9.86. The van der Waals surface area contributed by atoms with Crippen molar-refractivity contribution in [2.24, 2.45) is 0 Å². The molecule has 1 N–H and O–H groups in total. The third-order valence-corrected chi connectivity index (χ3v) is 3.21. The Morgan fingerprint density at radius 3 is 3.00 bits per heavy atom. The maximum absolute atomic E-state index is 5.52. The number of hydrogen-bond donors (Lipinski definition) is 1. The normalized spacial score (nSPS) is 10.8. The van der Waals surface area contributed by atoms with Crippen LogP contribution in [0.4, 0.5) is 0 Å². The molecule has 0 spiro atoms. The Bertz CT molecular complexity index is 706. The molecule has 0 unspecified atom stereocenters. The van der Waals surface area contributed by atoms with Gasteiger partial charge in [0.2, 0.25) is 5.88 Å². The first-order valence-electron chi connectivity index (χ1n) is 6.51. The zero-order chi connectivity index (χ0) is 13.8. The van der Waals surface area contributed by atoms with Gasteiger partial charge >= 0.3 is 0 Å². The Hall–Kier alpha value is -2.33. The molecule has 102 valence electrons. The summed E-state index contributed by atoms with van der Waals surface area (Å²) >= 11 is 0. The van der Waals surface area contributed by atoms with Gasteiger partial charge in [-0.25, -0.2) is 4.98 Å². The lowest BCUT2D eigenvalue weighted by atomic mass is 10.2. The number of ether oxygens (including phenoxy) is 1. The first kappa shape index (κ1) is 12.7. The summed E-state index contributed by atoms with van der Waals surface area (Å²) in [6.07, 6.45) is 3.56. The molecule has 3 aromatic rings. The second-order valence-electron chi connectivity index (χ2n) is 4.57. The second-order valence-corrected chi connectivity index (χ2v) is 4.57. The fourth-order valence-electron chi connectivity index (χ4n) is 2.18. The molecule has 0 aliphatic carbocycles. The van der Waals surface area contributed by atoms with Crippen LogP contribution in [0, 0.1) is 0 Å². The number of fused-ring (bicyclic) bond motifs is 1. The lowest BCUT2D eigenvalue weighted by Gasteiger charge is -2.05. The van der Waals surface area contributed by atoms with Crippen LogP contribution >= 0.6 is 0 Å². The van der Waals surface area contributed by atoms with Crippen molar-refractivity contribution in [3.63, 3.8) is 0 Å². The van der Waals surface area contributed by atoms with E-state index in [-0.39, 0.29) is 0 Å². The zero-order valence-electron chi connectivity index (χ0n) is 11.3. The minimum Gasteiger partial charge on any atom is -0.481 e. The highest BCUT2D eigenvalue weighted by Crippen LogP contribution is 2.20. The van der Waals surface area contributed by atoms with Gasteiger partial charge < -0.3 is 14.5 Å². The van der Waals surface area contributed by atoms with E-state index in [1.807, 2.05) is 36.6 Å². The summed E-state index contributed by atoms with van der Waals surface area (Å²) in [5, 5.41) is 4.56. The van der Waals surface area contributed by atoms with E-state index in [2.05, 4.69) is 16.4 Å². The van der Waals surface area contributed by atoms with Crippen LogP contribution in [0.5, 0.6) is 5.88 Å². The number of hydrogen-bond acceptors (Lipinski definition) is 4. The second kappa shape index (κ2) is 5.75. The number of benzene rings is 1. The van der Waals surface area contributed by atoms with Gasteiger partial charge in [-0.15, -0.1) is 0 Å². The van der Waals surface area contributed by atoms with Gasteiger partial charge in [0.1, 0.15) is 5.58 Å². The third kappa shape index (κ3) is 2.65. The number of rotatable bonds is 5. The number of pyridine rings is 1. The molecule has 4 nitrogen and oxygen atoms in total. The molecule has 1 aromatic carbocycles. The fraction of sp³-hybridized carbons (Fsp3) is 0.188. The minimum atomic E-state index is 0.637. The van der Waals surface area contributed by atoms with Crippen molar-refractivity contribution in [3.05, 3.63) is 60.0 Å². The Labute approximate surface area is 117 Å². The number of nitrogens with one attached hydrogen (secondary N) is 1. The lowest BCUT2D eigenvalue weighted by molar-refractivity contribution is 0.397. The van der Waals surface area contributed by atoms with Crippen molar-refractivity contribution in [3.8, 4) is 5.88 Å². The van der Waals surface area contributed by atoms with Crippen molar-refractivity contribution in [2.75, 3.05) is 7.11 Å². The largest absolute Gasteiger partial charge is 0.481 e. The Morgan fingerprint density at radius 1 is 1.20 bits per heavy atom. The molecule has 0 atom stereocenters. The van der Waals surface area contributed by atoms with Crippen molar-refractivity contribution in [1.29, 1.82) is 0 Å². The summed E-state index contributed by atoms with van der Waals surface area (Å²) in [7, 11) is 1.62. The van der Waals surface area contributed by atoms with E-state index in [1.165, 1.54) is 5.56 Å². The van der Waals surface area contributed by atoms with Gasteiger partial charge in [0, 0.05) is 36.3 Å². The maximum Gasteiger partial charge on any atom is 0.213 e. The summed E-state index contributed by atoms with van der Waals surface area (Å²) in [4.78, 5) is 4.09. The predicted octanol–water partition coefficient (Wildman–Crippen LogP) is 3.13. The standard InChI is InChI=1S/C16H16N2O2/c1-19-16-8-12(6-7-18-16)9-17-10-13-11-20-15-5-3-2-4-14(13)15/h2-8,11,17H,9-10H2,1H3. The first-order valence-corrected chi connectivity index (χ1v) is 6.51. The number of para-hydroxylation sites is 1. The summed E-state index contributed by atoms with van der Waals surface area (Å²) in [5.74, 6) is 0.637. The van der Waals surface area contributed by atoms with Gasteiger partial charge in [-0.1, -0.05) is 18.2 Å². The molecule has 2 heterocycles. The predicted molar refractivity (Wildman–Crippen MR) is 77.5 cm³/mol. The van der Waals surface area contributed by atoms with Gasteiger partial charge in [-0.2, -0.15) is 0 Å². The molecule has 0 radical (unpaired) electrons. The Kier molecular flexibility index (Phi) is 3.65. The molecule has 0 aliphatic rings. The van der Waals surface area contributed by atoms with Crippen LogP contribution in [0.3, 0.4) is 0 Å². The minimum absolute atomic E-state index is 0.637. The quantitative estimate of drug-likeness (QED) is 0.772. The van der Waals surface area contributed by atoms with E-state index in [0.717, 1.165) is 29.6 Å². The summed E-state index contributed by atoms with van der Waals surface area (Å²) < 4.78 is 10.6. The molecule has 0 fully saturated rings. The highest BCUT2D eigenvalue weighted by atomic mass is 16.5. The molecule has 0 saturated heterocycles. The van der Waals surface area contributed by atoms with Crippen LogP contribution in [-0.4, -0.2) is 12.1 Å². The molecule has 0 saturated carbocycles. The highest BCUT2D eigenvalue weighted by molar-refractivity contribution is 5.80. The van der Waals surface area contributed by atoms with E-state index >= 15 is 0 Å². The Balaban J connectivity index is 1.65. The fourth-order valence-corrected chi connectivity index (χ4v) is 2.18. The summed E-state index contributed by atoms with van der Waals surface area (Å²) in [6.45, 7) is 1.53. The van der Waals surface area contributed by atoms with Crippen molar-refractivity contribution in [2.45, 2.75) is 13.1 Å². The van der Waals surface area contributed by atoms with Gasteiger partial charge in [0.25, 0.3) is 0 Å². The maximum atomic E-state index is 5.52. The van der Waals surface area contributed by atoms with E-state index in [4.69, 9.17) is 9.15 Å². The lowest BCUT2D eigenvalue weighted by Crippen LogP contribution is -2.12. The average molecular weight is 268 g/mol. The molecule has 20 heavy (non-hydrogen) atoms. The van der Waals surface area contributed by atoms with E-state index in [9.17, 15) is 0 Å². The van der Waals surface area contributed by atoms with Crippen LogP contribution in [0.15, 0.2) is 53.3 Å². The van der Waals surface area contributed by atoms with Crippen molar-refractivity contribution < 1.29 is 9.15 Å². The third-order valence-electron chi connectivity index (χ3n) is 3.21. The van der Waals surface area contributed by atoms with Crippen LogP contribution in [-0.2, 0) is 13.1 Å². The van der Waals surface area contributed by atoms with Crippen molar-refractivity contribution in [1.82, 2.24) is 10.3 Å². The number of methoxy groups -OCH3 is 1. The van der Waals surface area contributed by atoms with Crippen molar-refractivity contribution >= 4 is 11.0 Å². The summed E-state index contributed by atoms with van der Waals surface area (Å²) in [5.41, 5.74) is 3.24. The van der Waals surface area contributed by atoms with E-state index < -0.39 is 0 Å². The summed E-state index contributed by atoms with van der Waals surface area (Å²) in [6, 6.07) is 12.0. The highest BCUT2D eigenvalue weighted by Gasteiger charge is 2.04. The molecule has 0 amide bonds. The molecule has 0 aliphatic heterocycles. The van der Waals surface area contributed by atoms with Crippen LogP contribution in [0.2, 0.25) is 0 Å². The van der Waals surface area contributed by atoms with E-state index in [1.54, 1.807) is 13.3 Å². The monoisotopic (exact) mass is 268 g/mol. The van der Waals surface area contributed by atoms with Gasteiger partial charge in [-0.3, -0.25) is 0 Å². The molecule has 2 aromatic heterocycles. The average Bonchev–Trinajstić information content (AvgIpc) is 2.91. The van der Waals surface area contributed by atoms with Gasteiger partial charge in [-0.05, 0) is 17.7 Å². The molecular formula is C16H16N2O2. The molecule has 3 rings (SSSR count). The molecule has 0 bridgehead atoms. The molecular weight excluding hydrogens is 252 g/mol. The topological polar surface area (TPSA) is 47.3 Å². The van der Waals surface area contributed by atoms with Gasteiger partial charge in [0.05, 0.1) is 13.4 Å². The number of aromatic nitrogens is 1. The van der Waals surface area contributed by atoms with E-state index in [0.29, 0.717) is 5.88 Å². The van der Waals surface area contributed by atoms with Crippen LogP contribution in [0.1, 0.15) is 11.1 Å². The zero-order valence-corrected chi connectivity index (χ0v) is 11.3. The van der Waals surface area contributed by atoms with Crippen LogP contribution in [0.25, 0.3) is 11.0 Å². The Morgan fingerprint density at radius 2 is 2.10 bits per heavy atom. The number of furan rings is 1. The number of nitrogens with zero attached hydrogens (tertiary/aromatic N) is 1. The van der Waals surface area contributed by atoms with Crippen LogP contribution < -0.4 is 10.1 Å². The smallest absolute Gasteiger partial charge is 0.213 e. The van der Waals surface area contributed by atoms with Gasteiger partial charge in [0.15, 0.2) is 0 Å².